The quantitative estimate of drug-likeness (QED) is 0.539. The average Bonchev–Trinajstić information content (AvgIpc) is 2.70. The van der Waals surface area contributed by atoms with Crippen molar-refractivity contribution in [1.82, 2.24) is 4.98 Å². The smallest absolute Gasteiger partial charge is 0.257 e. The van der Waals surface area contributed by atoms with E-state index in [-0.39, 0.29) is 5.91 Å². The van der Waals surface area contributed by atoms with E-state index < -0.39 is 0 Å². The third kappa shape index (κ3) is 5.58. The number of hydrogen-bond acceptors (Lipinski definition) is 4. The molecule has 3 aromatic rings. The van der Waals surface area contributed by atoms with Crippen LogP contribution in [0.3, 0.4) is 0 Å². The number of carbonyl (C=O) groups excluding carboxylic acids is 1. The van der Waals surface area contributed by atoms with Gasteiger partial charge in [0.2, 0.25) is 0 Å². The Morgan fingerprint density at radius 3 is 2.57 bits per heavy atom. The Hall–Kier alpha value is -3.34. The molecule has 0 aliphatic heterocycles. The molecule has 0 saturated carbocycles. The van der Waals surface area contributed by atoms with Crippen LogP contribution in [0.25, 0.3) is 0 Å². The number of hydrogen-bond donors (Lipinski definition) is 2. The second kappa shape index (κ2) is 9.55. The molecule has 28 heavy (non-hydrogen) atoms. The van der Waals surface area contributed by atoms with Crippen molar-refractivity contribution >= 4 is 17.3 Å². The van der Waals surface area contributed by atoms with Gasteiger partial charge in [-0.15, -0.1) is 0 Å². The van der Waals surface area contributed by atoms with Gasteiger partial charge in [-0.3, -0.25) is 9.78 Å². The number of aromatic nitrogens is 1. The van der Waals surface area contributed by atoms with Gasteiger partial charge in [-0.05, 0) is 42.7 Å². The van der Waals surface area contributed by atoms with Crippen molar-refractivity contribution in [2.75, 3.05) is 17.2 Å². The van der Waals surface area contributed by atoms with E-state index in [1.54, 1.807) is 12.4 Å². The Balaban J connectivity index is 1.70. The summed E-state index contributed by atoms with van der Waals surface area (Å²) in [5.74, 6) is 1.68. The lowest BCUT2D eigenvalue weighted by molar-refractivity contribution is 0.102. The predicted octanol–water partition coefficient (Wildman–Crippen LogP) is 5.58. The molecule has 3 rings (SSSR count). The molecule has 1 heterocycles. The monoisotopic (exact) mass is 375 g/mol. The molecule has 0 fully saturated rings. The maximum Gasteiger partial charge on any atom is 0.257 e. The van der Waals surface area contributed by atoms with E-state index in [9.17, 15) is 4.79 Å². The van der Waals surface area contributed by atoms with Crippen molar-refractivity contribution in [2.45, 2.75) is 20.3 Å². The number of nitrogens with zero attached hydrogens (tertiary/aromatic N) is 1. The highest BCUT2D eigenvalue weighted by Gasteiger charge is 2.11. The van der Waals surface area contributed by atoms with Gasteiger partial charge in [-0.1, -0.05) is 44.2 Å². The third-order valence-corrected chi connectivity index (χ3v) is 4.16. The Kier molecular flexibility index (Phi) is 6.63. The number of pyridine rings is 1. The van der Waals surface area contributed by atoms with Crippen molar-refractivity contribution < 1.29 is 9.53 Å². The summed E-state index contributed by atoms with van der Waals surface area (Å²) in [7, 11) is 0. The zero-order chi connectivity index (χ0) is 19.8. The average molecular weight is 375 g/mol. The largest absolute Gasteiger partial charge is 0.455 e. The van der Waals surface area contributed by atoms with E-state index in [1.165, 1.54) is 0 Å². The van der Waals surface area contributed by atoms with Crippen LogP contribution in [0.5, 0.6) is 11.5 Å². The summed E-state index contributed by atoms with van der Waals surface area (Å²) in [6, 6.07) is 18.6. The fourth-order valence-electron chi connectivity index (χ4n) is 2.63. The first-order valence-corrected chi connectivity index (χ1v) is 9.44. The number of benzene rings is 2. The molecule has 5 heteroatoms. The topological polar surface area (TPSA) is 63.2 Å². The van der Waals surface area contributed by atoms with Crippen LogP contribution in [-0.4, -0.2) is 17.4 Å². The predicted molar refractivity (Wildman–Crippen MR) is 113 cm³/mol. The first-order valence-electron chi connectivity index (χ1n) is 9.44. The van der Waals surface area contributed by atoms with Crippen molar-refractivity contribution in [1.29, 1.82) is 0 Å². The van der Waals surface area contributed by atoms with Crippen molar-refractivity contribution in [3.8, 4) is 11.5 Å². The summed E-state index contributed by atoms with van der Waals surface area (Å²) in [6.45, 7) is 5.20. The van der Waals surface area contributed by atoms with E-state index in [2.05, 4.69) is 29.5 Å². The molecule has 0 bridgehead atoms. The molecular formula is C23H25N3O2. The molecule has 2 aromatic carbocycles. The molecule has 2 N–H and O–H groups in total. The fourth-order valence-corrected chi connectivity index (χ4v) is 2.63. The van der Waals surface area contributed by atoms with Crippen LogP contribution in [0.1, 0.15) is 30.6 Å². The van der Waals surface area contributed by atoms with Crippen LogP contribution in [0, 0.1) is 5.92 Å². The molecule has 0 atom stereocenters. The molecule has 1 amide bonds. The van der Waals surface area contributed by atoms with Crippen LogP contribution >= 0.6 is 0 Å². The zero-order valence-corrected chi connectivity index (χ0v) is 16.2. The molecule has 5 nitrogen and oxygen atoms in total. The van der Waals surface area contributed by atoms with E-state index in [0.717, 1.165) is 18.7 Å². The molecule has 0 saturated heterocycles. The number of rotatable bonds is 8. The third-order valence-electron chi connectivity index (χ3n) is 4.16. The van der Waals surface area contributed by atoms with Crippen molar-refractivity contribution in [2.24, 2.45) is 5.92 Å². The van der Waals surface area contributed by atoms with Crippen LogP contribution in [0.15, 0.2) is 73.1 Å². The first kappa shape index (κ1) is 19.4. The normalized spacial score (nSPS) is 10.5. The number of ether oxygens (including phenoxy) is 1. The van der Waals surface area contributed by atoms with Crippen LogP contribution in [0.4, 0.5) is 11.4 Å². The number of carbonyl (C=O) groups is 1. The highest BCUT2D eigenvalue weighted by atomic mass is 16.5. The Morgan fingerprint density at radius 1 is 1.04 bits per heavy atom. The van der Waals surface area contributed by atoms with Gasteiger partial charge < -0.3 is 15.4 Å². The lowest BCUT2D eigenvalue weighted by Gasteiger charge is -2.13. The summed E-state index contributed by atoms with van der Waals surface area (Å²) < 4.78 is 5.90. The van der Waals surface area contributed by atoms with Gasteiger partial charge >= 0.3 is 0 Å². The lowest BCUT2D eigenvalue weighted by Crippen LogP contribution is -2.13. The van der Waals surface area contributed by atoms with Gasteiger partial charge in [0.15, 0.2) is 5.75 Å². The van der Waals surface area contributed by atoms with Gasteiger partial charge in [0.1, 0.15) is 5.75 Å². The highest BCUT2D eigenvalue weighted by molar-refractivity contribution is 6.05. The summed E-state index contributed by atoms with van der Waals surface area (Å²) in [5.41, 5.74) is 1.93. The Morgan fingerprint density at radius 2 is 1.79 bits per heavy atom. The first-order chi connectivity index (χ1) is 13.6. The zero-order valence-electron chi connectivity index (χ0n) is 16.2. The van der Waals surface area contributed by atoms with E-state index in [4.69, 9.17) is 4.74 Å². The summed E-state index contributed by atoms with van der Waals surface area (Å²) >= 11 is 0. The minimum atomic E-state index is -0.232. The van der Waals surface area contributed by atoms with Crippen LogP contribution in [0.2, 0.25) is 0 Å². The van der Waals surface area contributed by atoms with Gasteiger partial charge in [0.25, 0.3) is 5.91 Å². The second-order valence-electron chi connectivity index (χ2n) is 6.94. The standard InChI is InChI=1S/C23H25N3O2/c1-17(2)12-13-25-19-14-18(15-24-16-19)23(27)26-21-10-6-7-11-22(21)28-20-8-4-3-5-9-20/h3-11,14-17,25H,12-13H2,1-2H3,(H,26,27). The molecule has 0 radical (unpaired) electrons. The van der Waals surface area contributed by atoms with Gasteiger partial charge in [-0.2, -0.15) is 0 Å². The number of anilines is 2. The van der Waals surface area contributed by atoms with Gasteiger partial charge in [0, 0.05) is 18.9 Å². The SMILES string of the molecule is CC(C)CCNc1cncc(C(=O)Nc2ccccc2Oc2ccccc2)c1. The van der Waals surface area contributed by atoms with Gasteiger partial charge in [-0.25, -0.2) is 0 Å². The number of nitrogens with one attached hydrogen (secondary N) is 2. The Labute approximate surface area is 165 Å². The number of para-hydroxylation sites is 3. The molecule has 1 aromatic heterocycles. The summed E-state index contributed by atoms with van der Waals surface area (Å²) in [4.78, 5) is 16.9. The maximum absolute atomic E-state index is 12.7. The second-order valence-corrected chi connectivity index (χ2v) is 6.94. The van der Waals surface area contributed by atoms with E-state index >= 15 is 0 Å². The summed E-state index contributed by atoms with van der Waals surface area (Å²) in [5, 5.41) is 6.23. The Bertz CT molecular complexity index is 910. The van der Waals surface area contributed by atoms with E-state index in [1.807, 2.05) is 60.7 Å². The van der Waals surface area contributed by atoms with Crippen molar-refractivity contribution in [3.05, 3.63) is 78.6 Å². The molecule has 0 aliphatic rings. The molecule has 0 unspecified atom stereocenters. The highest BCUT2D eigenvalue weighted by Crippen LogP contribution is 2.29. The van der Waals surface area contributed by atoms with Gasteiger partial charge in [0.05, 0.1) is 16.9 Å². The molecular weight excluding hydrogens is 350 g/mol. The minimum Gasteiger partial charge on any atom is -0.455 e. The fraction of sp³-hybridized carbons (Fsp3) is 0.217. The maximum atomic E-state index is 12.7. The molecule has 144 valence electrons. The van der Waals surface area contributed by atoms with Crippen molar-refractivity contribution in [3.63, 3.8) is 0 Å². The van der Waals surface area contributed by atoms with E-state index in [0.29, 0.717) is 28.7 Å². The van der Waals surface area contributed by atoms with Crippen LogP contribution in [-0.2, 0) is 0 Å². The lowest BCUT2D eigenvalue weighted by atomic mass is 10.1. The number of amides is 1. The minimum absolute atomic E-state index is 0.232. The molecule has 0 spiro atoms. The van der Waals surface area contributed by atoms with Crippen LogP contribution < -0.4 is 15.4 Å². The summed E-state index contributed by atoms with van der Waals surface area (Å²) in [6.07, 6.45) is 4.34. The molecule has 0 aliphatic carbocycles.